The standard InChI is InChI=1S/C13H16O5/c1-2-3-9-17-13(15)12(18-16)11(14)10-7-5-4-6-8-10/h4-8,12,16H,2-3,9H2,1H3. The number of unbranched alkanes of at least 4 members (excludes halogenated alkanes) is 1. The summed E-state index contributed by atoms with van der Waals surface area (Å²) in [6, 6.07) is 8.13. The van der Waals surface area contributed by atoms with E-state index in [4.69, 9.17) is 9.99 Å². The number of ketones is 1. The van der Waals surface area contributed by atoms with Crippen LogP contribution in [0, 0.1) is 0 Å². The molecule has 5 heteroatoms. The molecule has 0 amide bonds. The molecule has 0 aliphatic heterocycles. The van der Waals surface area contributed by atoms with Crippen LogP contribution in [0.25, 0.3) is 0 Å². The van der Waals surface area contributed by atoms with Gasteiger partial charge in [-0.25, -0.2) is 9.68 Å². The van der Waals surface area contributed by atoms with E-state index < -0.39 is 17.9 Å². The molecule has 0 heterocycles. The van der Waals surface area contributed by atoms with Crippen molar-refractivity contribution >= 4 is 11.8 Å². The van der Waals surface area contributed by atoms with E-state index in [1.165, 1.54) is 12.1 Å². The average Bonchev–Trinajstić information content (AvgIpc) is 2.41. The SMILES string of the molecule is CCCCOC(=O)C(OO)C(=O)c1ccccc1. The van der Waals surface area contributed by atoms with Crippen LogP contribution in [0.4, 0.5) is 0 Å². The first-order valence-corrected chi connectivity index (χ1v) is 5.76. The van der Waals surface area contributed by atoms with Crippen molar-refractivity contribution in [2.75, 3.05) is 6.61 Å². The summed E-state index contributed by atoms with van der Waals surface area (Å²) < 4.78 is 4.83. The predicted octanol–water partition coefficient (Wildman–Crippen LogP) is 2.07. The largest absolute Gasteiger partial charge is 0.463 e. The fourth-order valence-corrected chi connectivity index (χ4v) is 1.34. The maximum atomic E-state index is 11.9. The number of carbonyl (C=O) groups excluding carboxylic acids is 2. The number of hydrogen-bond acceptors (Lipinski definition) is 5. The van der Waals surface area contributed by atoms with E-state index in [9.17, 15) is 9.59 Å². The van der Waals surface area contributed by atoms with Gasteiger partial charge in [-0.15, -0.1) is 0 Å². The molecule has 0 spiro atoms. The van der Waals surface area contributed by atoms with Crippen molar-refractivity contribution in [1.29, 1.82) is 0 Å². The van der Waals surface area contributed by atoms with Crippen LogP contribution in [0.1, 0.15) is 30.1 Å². The Labute approximate surface area is 105 Å². The van der Waals surface area contributed by atoms with Gasteiger partial charge in [0.2, 0.25) is 5.78 Å². The number of benzene rings is 1. The predicted molar refractivity (Wildman–Crippen MR) is 64.1 cm³/mol. The number of carbonyl (C=O) groups is 2. The van der Waals surface area contributed by atoms with E-state index in [-0.39, 0.29) is 12.2 Å². The van der Waals surface area contributed by atoms with Crippen LogP contribution >= 0.6 is 0 Å². The molecule has 0 aromatic heterocycles. The van der Waals surface area contributed by atoms with Gasteiger partial charge in [-0.05, 0) is 6.42 Å². The Balaban J connectivity index is 2.65. The molecule has 98 valence electrons. The van der Waals surface area contributed by atoms with Gasteiger partial charge in [-0.1, -0.05) is 43.7 Å². The summed E-state index contributed by atoms with van der Waals surface area (Å²) >= 11 is 0. The van der Waals surface area contributed by atoms with E-state index in [0.717, 1.165) is 6.42 Å². The number of rotatable bonds is 7. The highest BCUT2D eigenvalue weighted by Crippen LogP contribution is 2.07. The zero-order chi connectivity index (χ0) is 13.4. The summed E-state index contributed by atoms with van der Waals surface area (Å²) in [5.74, 6) is -1.50. The molecule has 1 rings (SSSR count). The van der Waals surface area contributed by atoms with Crippen molar-refractivity contribution in [1.82, 2.24) is 0 Å². The van der Waals surface area contributed by atoms with Gasteiger partial charge in [0.1, 0.15) is 0 Å². The smallest absolute Gasteiger partial charge is 0.346 e. The second-order valence-corrected chi connectivity index (χ2v) is 3.74. The number of Topliss-reactive ketones (excluding diaryl/α,β-unsaturated/α-hetero) is 1. The lowest BCUT2D eigenvalue weighted by atomic mass is 10.1. The van der Waals surface area contributed by atoms with Gasteiger partial charge in [-0.3, -0.25) is 10.1 Å². The molecule has 0 aliphatic rings. The molecule has 1 atom stereocenters. The molecular weight excluding hydrogens is 236 g/mol. The van der Waals surface area contributed by atoms with Gasteiger partial charge in [0.25, 0.3) is 6.10 Å². The molecule has 0 aliphatic carbocycles. The lowest BCUT2D eigenvalue weighted by Crippen LogP contribution is -2.34. The monoisotopic (exact) mass is 252 g/mol. The summed E-state index contributed by atoms with van der Waals surface area (Å²) in [4.78, 5) is 27.3. The Morgan fingerprint density at radius 3 is 2.50 bits per heavy atom. The second kappa shape index (κ2) is 7.58. The van der Waals surface area contributed by atoms with E-state index in [2.05, 4.69) is 4.89 Å². The molecular formula is C13H16O5. The van der Waals surface area contributed by atoms with Crippen LogP contribution in [0.3, 0.4) is 0 Å². The first-order chi connectivity index (χ1) is 8.70. The van der Waals surface area contributed by atoms with Crippen molar-refractivity contribution in [2.45, 2.75) is 25.9 Å². The van der Waals surface area contributed by atoms with E-state index in [1.807, 2.05) is 6.92 Å². The van der Waals surface area contributed by atoms with Gasteiger partial charge < -0.3 is 4.74 Å². The highest BCUT2D eigenvalue weighted by atomic mass is 17.1. The molecule has 0 bridgehead atoms. The summed E-state index contributed by atoms with van der Waals surface area (Å²) in [6.07, 6.45) is -0.0576. The Morgan fingerprint density at radius 2 is 1.94 bits per heavy atom. The molecule has 5 nitrogen and oxygen atoms in total. The second-order valence-electron chi connectivity index (χ2n) is 3.74. The first-order valence-electron chi connectivity index (χ1n) is 5.76. The number of esters is 1. The van der Waals surface area contributed by atoms with Crippen LogP contribution in [0.2, 0.25) is 0 Å². The average molecular weight is 252 g/mol. The maximum absolute atomic E-state index is 11.9. The van der Waals surface area contributed by atoms with E-state index >= 15 is 0 Å². The minimum atomic E-state index is -1.62. The topological polar surface area (TPSA) is 72.8 Å². The molecule has 18 heavy (non-hydrogen) atoms. The molecule has 1 unspecified atom stereocenters. The van der Waals surface area contributed by atoms with Crippen LogP contribution in [-0.4, -0.2) is 29.7 Å². The molecule has 0 radical (unpaired) electrons. The van der Waals surface area contributed by atoms with Crippen molar-refractivity contribution in [2.24, 2.45) is 0 Å². The summed E-state index contributed by atoms with van der Waals surface area (Å²) in [6.45, 7) is 2.15. The van der Waals surface area contributed by atoms with E-state index in [0.29, 0.717) is 6.42 Å². The lowest BCUT2D eigenvalue weighted by molar-refractivity contribution is -0.264. The molecule has 1 aromatic carbocycles. The third kappa shape index (κ3) is 3.94. The Hall–Kier alpha value is -1.72. The van der Waals surface area contributed by atoms with Crippen molar-refractivity contribution < 1.29 is 24.5 Å². The minimum Gasteiger partial charge on any atom is -0.463 e. The van der Waals surface area contributed by atoms with Crippen LogP contribution in [-0.2, 0) is 14.4 Å². The molecule has 0 saturated heterocycles. The quantitative estimate of drug-likeness (QED) is 0.201. The molecule has 0 fully saturated rings. The van der Waals surface area contributed by atoms with Crippen LogP contribution in [0.15, 0.2) is 30.3 Å². The Bertz CT molecular complexity index is 388. The normalized spacial score (nSPS) is 11.9. The van der Waals surface area contributed by atoms with Gasteiger partial charge in [0, 0.05) is 5.56 Å². The Morgan fingerprint density at radius 1 is 1.28 bits per heavy atom. The summed E-state index contributed by atoms with van der Waals surface area (Å²) in [7, 11) is 0. The van der Waals surface area contributed by atoms with Crippen molar-refractivity contribution in [3.63, 3.8) is 0 Å². The summed E-state index contributed by atoms with van der Waals surface area (Å²) in [5, 5.41) is 8.66. The lowest BCUT2D eigenvalue weighted by Gasteiger charge is -2.11. The Kier molecular flexibility index (Phi) is 6.04. The van der Waals surface area contributed by atoms with Crippen LogP contribution in [0.5, 0.6) is 0 Å². The molecule has 1 aromatic rings. The number of ether oxygens (including phenoxy) is 1. The van der Waals surface area contributed by atoms with Crippen molar-refractivity contribution in [3.05, 3.63) is 35.9 Å². The molecule has 1 N–H and O–H groups in total. The third-order valence-corrected chi connectivity index (χ3v) is 2.36. The van der Waals surface area contributed by atoms with Crippen molar-refractivity contribution in [3.8, 4) is 0 Å². The van der Waals surface area contributed by atoms with Gasteiger partial charge in [-0.2, -0.15) is 0 Å². The minimum absolute atomic E-state index is 0.206. The highest BCUT2D eigenvalue weighted by molar-refractivity contribution is 6.11. The fraction of sp³-hybridized carbons (Fsp3) is 0.385. The van der Waals surface area contributed by atoms with E-state index in [1.54, 1.807) is 18.2 Å². The van der Waals surface area contributed by atoms with Crippen LogP contribution < -0.4 is 0 Å². The summed E-state index contributed by atoms with van der Waals surface area (Å²) in [5.41, 5.74) is 0.281. The van der Waals surface area contributed by atoms with Gasteiger partial charge in [0.05, 0.1) is 6.61 Å². The first kappa shape index (κ1) is 14.3. The highest BCUT2D eigenvalue weighted by Gasteiger charge is 2.30. The fourth-order valence-electron chi connectivity index (χ4n) is 1.34. The maximum Gasteiger partial charge on any atom is 0.346 e. The zero-order valence-electron chi connectivity index (χ0n) is 10.2. The van der Waals surface area contributed by atoms with Gasteiger partial charge >= 0.3 is 5.97 Å². The number of hydrogen-bond donors (Lipinski definition) is 1. The molecule has 0 saturated carbocycles. The zero-order valence-corrected chi connectivity index (χ0v) is 10.2. The third-order valence-electron chi connectivity index (χ3n) is 2.36. The van der Waals surface area contributed by atoms with Gasteiger partial charge in [0.15, 0.2) is 0 Å².